The Morgan fingerprint density at radius 1 is 0.565 bits per heavy atom. The third-order valence-electron chi connectivity index (χ3n) is 14.2. The summed E-state index contributed by atoms with van der Waals surface area (Å²) in [5.41, 5.74) is 0.662. The molecule has 2 rings (SSSR count). The van der Waals surface area contributed by atoms with Gasteiger partial charge in [-0.3, -0.25) is 0 Å². The Morgan fingerprint density at radius 2 is 0.957 bits per heavy atom. The third-order valence-corrected chi connectivity index (χ3v) is 14.6. The normalized spacial score (nSPS) is 19.7. The summed E-state index contributed by atoms with van der Waals surface area (Å²) in [6.45, 7) is 4.87. The molecule has 1 aromatic carbocycles. The summed E-state index contributed by atoms with van der Waals surface area (Å²) in [5, 5.41) is 61.9. The van der Waals surface area contributed by atoms with E-state index in [9.17, 15) is 25.5 Å². The highest BCUT2D eigenvalue weighted by atomic mass is 35.5. The highest BCUT2D eigenvalue weighted by molar-refractivity contribution is 7.80. The average molecular weight is 1010 g/mol. The lowest BCUT2D eigenvalue weighted by Gasteiger charge is -2.40. The van der Waals surface area contributed by atoms with Gasteiger partial charge in [0.05, 0.1) is 24.9 Å². The zero-order valence-electron chi connectivity index (χ0n) is 44.0. The maximum atomic E-state index is 11.4. The molecule has 1 fully saturated rings. The van der Waals surface area contributed by atoms with E-state index >= 15 is 0 Å². The van der Waals surface area contributed by atoms with E-state index < -0.39 is 49.0 Å². The number of nitrogens with one attached hydrogen (secondary N) is 2. The molecule has 1 aliphatic heterocycles. The quantitative estimate of drug-likeness (QED) is 0.0247. The first-order valence-corrected chi connectivity index (χ1v) is 29.6. The first-order valence-electron chi connectivity index (χ1n) is 28.8. The molecule has 7 N–H and O–H groups in total. The smallest absolute Gasteiger partial charge is 0.261 e. The number of unbranched alkanes of at least 4 members (excludes halogenated alkanes) is 34. The standard InChI is InChI=1S/C57H105ClN2O8S/c1-3-5-7-9-11-13-15-17-18-19-20-21-22-23-24-25-26-27-28-30-32-34-36-38-44-59-49(52(62)50(61)39-37-35-33-31-29-16-14-12-10-8-6-4-2)45-66-56-55(65)54(64)53(63)51(68-56)46-67-57(69)60-48-42-40-47(58)41-43-48/h40-43,49-56,59,61-65H,3-39,44-46H2,1-2H3,(H,60,69)/t49-,50+,51+,52-,53-,54-,55+,56+/m0/s1. The molecule has 0 amide bonds. The second kappa shape index (κ2) is 44.4. The molecule has 0 aromatic heterocycles. The first kappa shape index (κ1) is 64.0. The Kier molecular flexibility index (Phi) is 41.2. The summed E-state index contributed by atoms with van der Waals surface area (Å²) in [6, 6.07) is 6.26. The number of anilines is 1. The van der Waals surface area contributed by atoms with E-state index in [0.29, 0.717) is 23.7 Å². The Bertz CT molecular complexity index is 1300. The Morgan fingerprint density at radius 3 is 1.38 bits per heavy atom. The minimum absolute atomic E-state index is 0.0292. The van der Waals surface area contributed by atoms with Crippen molar-refractivity contribution in [3.8, 4) is 0 Å². The van der Waals surface area contributed by atoms with Gasteiger partial charge in [-0.05, 0) is 55.9 Å². The van der Waals surface area contributed by atoms with Gasteiger partial charge >= 0.3 is 0 Å². The van der Waals surface area contributed by atoms with E-state index in [1.807, 2.05) is 0 Å². The lowest BCUT2D eigenvalue weighted by Crippen LogP contribution is -2.60. The maximum Gasteiger partial charge on any atom is 0.261 e. The number of rotatable bonds is 47. The second-order valence-electron chi connectivity index (χ2n) is 20.5. The van der Waals surface area contributed by atoms with Crippen LogP contribution in [0.3, 0.4) is 0 Å². The van der Waals surface area contributed by atoms with Crippen molar-refractivity contribution in [3.63, 3.8) is 0 Å². The predicted molar refractivity (Wildman–Crippen MR) is 292 cm³/mol. The lowest BCUT2D eigenvalue weighted by molar-refractivity contribution is -0.302. The largest absolute Gasteiger partial charge is 0.468 e. The first-order chi connectivity index (χ1) is 33.7. The molecule has 0 saturated carbocycles. The number of thiocarbonyl (C=S) groups is 1. The average Bonchev–Trinajstić information content (AvgIpc) is 3.35. The molecule has 1 heterocycles. The number of hydrogen-bond donors (Lipinski definition) is 7. The third kappa shape index (κ3) is 33.3. The molecule has 0 radical (unpaired) electrons. The number of halogens is 1. The minimum atomic E-state index is -1.57. The lowest BCUT2D eigenvalue weighted by atomic mass is 9.98. The fourth-order valence-electron chi connectivity index (χ4n) is 9.52. The number of hydrogen-bond acceptors (Lipinski definition) is 10. The minimum Gasteiger partial charge on any atom is -0.468 e. The van der Waals surface area contributed by atoms with E-state index in [4.69, 9.17) is 38.0 Å². The molecule has 0 spiro atoms. The van der Waals surface area contributed by atoms with Gasteiger partial charge in [0, 0.05) is 10.7 Å². The summed E-state index contributed by atoms with van der Waals surface area (Å²) in [5.74, 6) is 0. The molecule has 69 heavy (non-hydrogen) atoms. The van der Waals surface area contributed by atoms with Gasteiger partial charge in [-0.25, -0.2) is 0 Å². The molecule has 1 aromatic rings. The number of aliphatic hydroxyl groups excluding tert-OH is 5. The Labute approximate surface area is 432 Å². The van der Waals surface area contributed by atoms with Crippen molar-refractivity contribution in [3.05, 3.63) is 29.3 Å². The van der Waals surface area contributed by atoms with Crippen LogP contribution in [0.15, 0.2) is 24.3 Å². The molecular formula is C57H105ClN2O8S. The van der Waals surface area contributed by atoms with Gasteiger partial charge in [-0.15, -0.1) is 0 Å². The summed E-state index contributed by atoms with van der Waals surface area (Å²) in [4.78, 5) is 0. The van der Waals surface area contributed by atoms with Gasteiger partial charge in [0.1, 0.15) is 31.0 Å². The van der Waals surface area contributed by atoms with Crippen LogP contribution in [0, 0.1) is 0 Å². The van der Waals surface area contributed by atoms with Crippen LogP contribution in [-0.2, 0) is 14.2 Å². The molecule has 8 atom stereocenters. The number of aliphatic hydroxyl groups is 5. The topological polar surface area (TPSA) is 153 Å². The second-order valence-corrected chi connectivity index (χ2v) is 21.3. The summed E-state index contributed by atoms with van der Waals surface area (Å²) in [7, 11) is 0. The van der Waals surface area contributed by atoms with Crippen LogP contribution in [0.1, 0.15) is 251 Å². The van der Waals surface area contributed by atoms with Crippen molar-refractivity contribution >= 4 is 34.7 Å². The molecule has 1 aliphatic rings. The van der Waals surface area contributed by atoms with Crippen LogP contribution in [0.5, 0.6) is 0 Å². The van der Waals surface area contributed by atoms with Gasteiger partial charge in [0.2, 0.25) is 0 Å². The van der Waals surface area contributed by atoms with E-state index in [1.165, 1.54) is 193 Å². The zero-order valence-corrected chi connectivity index (χ0v) is 45.5. The maximum absolute atomic E-state index is 11.4. The molecular weight excluding hydrogens is 908 g/mol. The fraction of sp³-hybridized carbons (Fsp3) is 0.877. The zero-order chi connectivity index (χ0) is 50.0. The molecule has 404 valence electrons. The molecule has 12 heteroatoms. The molecule has 10 nitrogen and oxygen atoms in total. The van der Waals surface area contributed by atoms with Crippen LogP contribution < -0.4 is 10.6 Å². The van der Waals surface area contributed by atoms with Crippen molar-refractivity contribution < 1.29 is 39.7 Å². The van der Waals surface area contributed by atoms with Gasteiger partial charge in [-0.1, -0.05) is 250 Å². The van der Waals surface area contributed by atoms with Crippen LogP contribution in [-0.4, -0.2) is 99.4 Å². The number of ether oxygens (including phenoxy) is 3. The molecule has 0 unspecified atom stereocenters. The van der Waals surface area contributed by atoms with Gasteiger partial charge in [0.15, 0.2) is 6.29 Å². The van der Waals surface area contributed by atoms with Crippen molar-refractivity contribution in [2.75, 3.05) is 25.1 Å². The number of benzene rings is 1. The van der Waals surface area contributed by atoms with Gasteiger partial charge < -0.3 is 50.4 Å². The monoisotopic (exact) mass is 1010 g/mol. The van der Waals surface area contributed by atoms with Crippen molar-refractivity contribution in [2.45, 2.75) is 300 Å². The molecule has 1 saturated heterocycles. The SMILES string of the molecule is CCCCCCCCCCCCCCCCCCCCCCCCCCN[C@@H](CO[C@@H]1O[C@H](COC(=S)Nc2ccc(Cl)cc2)[C@H](O)[C@H](O)[C@H]1O)[C@H](O)[C@H](O)CCCCCCCCCCCCCC. The summed E-state index contributed by atoms with van der Waals surface area (Å²) < 4.78 is 17.6. The van der Waals surface area contributed by atoms with Crippen LogP contribution in [0.4, 0.5) is 5.69 Å². The van der Waals surface area contributed by atoms with Crippen molar-refractivity contribution in [2.24, 2.45) is 0 Å². The van der Waals surface area contributed by atoms with Gasteiger partial charge in [0.25, 0.3) is 5.17 Å². The summed E-state index contributed by atoms with van der Waals surface area (Å²) in [6.07, 6.45) is 38.4. The molecule has 0 aliphatic carbocycles. The predicted octanol–water partition coefficient (Wildman–Crippen LogP) is 14.0. The van der Waals surface area contributed by atoms with Crippen molar-refractivity contribution in [1.82, 2.24) is 5.32 Å². The Hall–Kier alpha value is -1.12. The van der Waals surface area contributed by atoms with Crippen LogP contribution in [0.25, 0.3) is 0 Å². The van der Waals surface area contributed by atoms with Crippen LogP contribution in [0.2, 0.25) is 5.02 Å². The van der Waals surface area contributed by atoms with Crippen LogP contribution >= 0.6 is 23.8 Å². The van der Waals surface area contributed by atoms with E-state index in [2.05, 4.69) is 24.5 Å². The Balaban J connectivity index is 1.68. The van der Waals surface area contributed by atoms with Gasteiger partial charge in [-0.2, -0.15) is 0 Å². The highest BCUT2D eigenvalue weighted by Gasteiger charge is 2.45. The van der Waals surface area contributed by atoms with Crippen molar-refractivity contribution in [1.29, 1.82) is 0 Å². The fourth-order valence-corrected chi connectivity index (χ4v) is 9.83. The van der Waals surface area contributed by atoms with E-state index in [-0.39, 0.29) is 18.4 Å². The summed E-state index contributed by atoms with van der Waals surface area (Å²) >= 11 is 11.3. The molecule has 0 bridgehead atoms. The highest BCUT2D eigenvalue weighted by Crippen LogP contribution is 2.24. The van der Waals surface area contributed by atoms with E-state index in [1.54, 1.807) is 24.3 Å². The van der Waals surface area contributed by atoms with E-state index in [0.717, 1.165) is 38.5 Å².